The van der Waals surface area contributed by atoms with E-state index in [-0.39, 0.29) is 17.6 Å². The molecule has 4 aromatic rings. The molecule has 8 heteroatoms. The van der Waals surface area contributed by atoms with Gasteiger partial charge in [0.15, 0.2) is 6.17 Å². The minimum atomic E-state index is -0.345. The second kappa shape index (κ2) is 8.08. The van der Waals surface area contributed by atoms with Gasteiger partial charge in [-0.05, 0) is 18.2 Å². The van der Waals surface area contributed by atoms with Gasteiger partial charge in [-0.25, -0.2) is 15.0 Å². The van der Waals surface area contributed by atoms with Gasteiger partial charge in [0.05, 0.1) is 23.5 Å². The van der Waals surface area contributed by atoms with E-state index in [1.54, 1.807) is 6.20 Å². The van der Waals surface area contributed by atoms with Gasteiger partial charge in [-0.1, -0.05) is 48.5 Å². The number of aliphatic imine (C=N–C) groups is 2. The van der Waals surface area contributed by atoms with E-state index in [0.29, 0.717) is 23.7 Å². The lowest BCUT2D eigenvalue weighted by Gasteiger charge is -2.26. The molecule has 0 saturated carbocycles. The zero-order valence-electron chi connectivity index (χ0n) is 18.2. The van der Waals surface area contributed by atoms with Crippen molar-refractivity contribution in [1.82, 2.24) is 15.0 Å². The standard InChI is InChI=1S/C26H21N7O/c27-25-22-24(18-10-11-28-21(34)13-18)32-33(26(22)30-15-29-25)14-19-12-17-8-4-5-9-20(17)31-23(19)16-6-2-1-3-7-16/h1-13,15,22,26H,14H2,(H,28,34)(H2,27,29,30). The van der Waals surface area contributed by atoms with Crippen molar-refractivity contribution in [3.8, 4) is 11.3 Å². The van der Waals surface area contributed by atoms with Crippen LogP contribution in [0.25, 0.3) is 22.2 Å². The van der Waals surface area contributed by atoms with Crippen LogP contribution in [-0.4, -0.2) is 39.0 Å². The first kappa shape index (κ1) is 20.0. The van der Waals surface area contributed by atoms with Crippen molar-refractivity contribution in [1.29, 1.82) is 0 Å². The van der Waals surface area contributed by atoms with Crippen molar-refractivity contribution in [3.63, 3.8) is 0 Å². The lowest BCUT2D eigenvalue weighted by atomic mass is 9.94. The minimum absolute atomic E-state index is 0.199. The Morgan fingerprint density at radius 3 is 2.65 bits per heavy atom. The predicted molar refractivity (Wildman–Crippen MR) is 134 cm³/mol. The Labute approximate surface area is 195 Å². The Morgan fingerprint density at radius 2 is 1.79 bits per heavy atom. The van der Waals surface area contributed by atoms with Gasteiger partial charge in [-0.2, -0.15) is 5.10 Å². The fourth-order valence-electron chi connectivity index (χ4n) is 4.55. The number of amidine groups is 1. The average molecular weight is 448 g/mol. The normalized spacial score (nSPS) is 19.1. The van der Waals surface area contributed by atoms with Crippen LogP contribution in [-0.2, 0) is 6.54 Å². The van der Waals surface area contributed by atoms with Gasteiger partial charge in [0.25, 0.3) is 0 Å². The molecule has 8 nitrogen and oxygen atoms in total. The fourth-order valence-corrected chi connectivity index (χ4v) is 4.55. The zero-order chi connectivity index (χ0) is 23.1. The molecule has 0 spiro atoms. The number of nitrogens with one attached hydrogen (secondary N) is 1. The Kier molecular flexibility index (Phi) is 4.76. The smallest absolute Gasteiger partial charge is 0.248 e. The van der Waals surface area contributed by atoms with Gasteiger partial charge in [0.1, 0.15) is 18.1 Å². The molecule has 0 aliphatic carbocycles. The van der Waals surface area contributed by atoms with Crippen LogP contribution in [0, 0.1) is 5.92 Å². The third-order valence-corrected chi connectivity index (χ3v) is 6.13. The maximum atomic E-state index is 12.0. The number of para-hydroxylation sites is 1. The number of nitrogens with zero attached hydrogens (tertiary/aromatic N) is 5. The highest BCUT2D eigenvalue weighted by Gasteiger charge is 2.41. The van der Waals surface area contributed by atoms with Gasteiger partial charge < -0.3 is 10.7 Å². The molecule has 4 heterocycles. The number of hydrogen-bond acceptors (Lipinski definition) is 7. The summed E-state index contributed by atoms with van der Waals surface area (Å²) in [5, 5.41) is 7.87. The SMILES string of the molecule is NC1=NC=NC2C1C(c1cc[nH]c(=O)c1)=NN2Cc1cc2ccccc2nc1-c1ccccc1. The molecule has 0 fully saturated rings. The molecule has 166 valence electrons. The van der Waals surface area contributed by atoms with Crippen LogP contribution < -0.4 is 11.3 Å². The number of benzene rings is 2. The lowest BCUT2D eigenvalue weighted by molar-refractivity contribution is 0.214. The number of fused-ring (bicyclic) bond motifs is 2. The number of aromatic nitrogens is 2. The summed E-state index contributed by atoms with van der Waals surface area (Å²) in [6.07, 6.45) is 2.75. The number of rotatable bonds is 4. The number of pyridine rings is 2. The van der Waals surface area contributed by atoms with Gasteiger partial charge in [0.2, 0.25) is 5.56 Å². The highest BCUT2D eigenvalue weighted by molar-refractivity contribution is 6.17. The van der Waals surface area contributed by atoms with E-state index < -0.39 is 0 Å². The Morgan fingerprint density at radius 1 is 0.971 bits per heavy atom. The van der Waals surface area contributed by atoms with Gasteiger partial charge in [-0.3, -0.25) is 9.80 Å². The molecule has 0 bridgehead atoms. The van der Waals surface area contributed by atoms with E-state index in [2.05, 4.69) is 39.2 Å². The van der Waals surface area contributed by atoms with Gasteiger partial charge >= 0.3 is 0 Å². The first-order valence-electron chi connectivity index (χ1n) is 11.0. The molecule has 0 radical (unpaired) electrons. The molecule has 2 aliphatic heterocycles. The highest BCUT2D eigenvalue weighted by atomic mass is 16.1. The molecule has 34 heavy (non-hydrogen) atoms. The van der Waals surface area contributed by atoms with E-state index in [1.165, 1.54) is 12.4 Å². The van der Waals surface area contributed by atoms with Crippen LogP contribution in [0.4, 0.5) is 0 Å². The Hall–Kier alpha value is -4.59. The number of nitrogens with two attached hydrogens (primary N) is 1. The van der Waals surface area contributed by atoms with E-state index in [0.717, 1.165) is 27.7 Å². The van der Waals surface area contributed by atoms with Gasteiger partial charge in [-0.15, -0.1) is 0 Å². The largest absolute Gasteiger partial charge is 0.386 e. The lowest BCUT2D eigenvalue weighted by Crippen LogP contribution is -2.42. The minimum Gasteiger partial charge on any atom is -0.386 e. The van der Waals surface area contributed by atoms with Crippen LogP contribution in [0.15, 0.2) is 98.9 Å². The summed E-state index contributed by atoms with van der Waals surface area (Å²) in [6.45, 7) is 0.473. The van der Waals surface area contributed by atoms with Crippen LogP contribution in [0.2, 0.25) is 0 Å². The maximum Gasteiger partial charge on any atom is 0.248 e. The third-order valence-electron chi connectivity index (χ3n) is 6.13. The van der Waals surface area contributed by atoms with E-state index >= 15 is 0 Å². The number of aromatic amines is 1. The molecule has 2 aromatic carbocycles. The summed E-state index contributed by atoms with van der Waals surface area (Å²) < 4.78 is 0. The van der Waals surface area contributed by atoms with Gasteiger partial charge in [0, 0.05) is 34.3 Å². The summed E-state index contributed by atoms with van der Waals surface area (Å²) in [6, 6.07) is 23.7. The summed E-state index contributed by atoms with van der Waals surface area (Å²) in [5.41, 5.74) is 11.4. The average Bonchev–Trinajstić information content (AvgIpc) is 3.24. The molecule has 6 rings (SSSR count). The van der Waals surface area contributed by atoms with E-state index in [9.17, 15) is 4.79 Å². The Balaban J connectivity index is 1.47. The highest BCUT2D eigenvalue weighted by Crippen LogP contribution is 2.33. The molecule has 2 aromatic heterocycles. The van der Waals surface area contributed by atoms with Crippen molar-refractivity contribution in [2.75, 3.05) is 0 Å². The zero-order valence-corrected chi connectivity index (χ0v) is 18.2. The monoisotopic (exact) mass is 447 g/mol. The number of H-pyrrole nitrogens is 1. The predicted octanol–water partition coefficient (Wildman–Crippen LogP) is 3.15. The van der Waals surface area contributed by atoms with Crippen LogP contribution in [0.1, 0.15) is 11.1 Å². The summed E-state index contributed by atoms with van der Waals surface area (Å²) in [5.74, 6) is 0.0989. The molecule has 0 saturated heterocycles. The van der Waals surface area contributed by atoms with Crippen LogP contribution in [0.3, 0.4) is 0 Å². The van der Waals surface area contributed by atoms with Crippen LogP contribution >= 0.6 is 0 Å². The molecule has 2 aliphatic rings. The third kappa shape index (κ3) is 3.45. The van der Waals surface area contributed by atoms with Crippen molar-refractivity contribution < 1.29 is 0 Å². The molecule has 0 amide bonds. The molecule has 2 atom stereocenters. The maximum absolute atomic E-state index is 12.0. The summed E-state index contributed by atoms with van der Waals surface area (Å²) in [7, 11) is 0. The first-order valence-corrected chi connectivity index (χ1v) is 11.0. The quantitative estimate of drug-likeness (QED) is 0.500. The second-order valence-corrected chi connectivity index (χ2v) is 8.29. The molecular weight excluding hydrogens is 426 g/mol. The number of hydrazone groups is 1. The molecule has 2 unspecified atom stereocenters. The number of hydrogen-bond donors (Lipinski definition) is 2. The van der Waals surface area contributed by atoms with Crippen molar-refractivity contribution in [2.24, 2.45) is 26.7 Å². The van der Waals surface area contributed by atoms with Crippen molar-refractivity contribution in [2.45, 2.75) is 12.7 Å². The summed E-state index contributed by atoms with van der Waals surface area (Å²) >= 11 is 0. The van der Waals surface area contributed by atoms with Crippen LogP contribution in [0.5, 0.6) is 0 Å². The molecule has 3 N–H and O–H groups in total. The first-order chi connectivity index (χ1) is 16.7. The summed E-state index contributed by atoms with van der Waals surface area (Å²) in [4.78, 5) is 28.4. The molecular formula is C26H21N7O. The van der Waals surface area contributed by atoms with E-state index in [4.69, 9.17) is 15.8 Å². The van der Waals surface area contributed by atoms with E-state index in [1.807, 2.05) is 47.5 Å². The Bertz CT molecular complexity index is 1540. The topological polar surface area (TPSA) is 112 Å². The second-order valence-electron chi connectivity index (χ2n) is 8.29. The van der Waals surface area contributed by atoms with Crippen molar-refractivity contribution in [3.05, 3.63) is 100 Å². The fraction of sp³-hybridized carbons (Fsp3) is 0.115. The van der Waals surface area contributed by atoms with Crippen molar-refractivity contribution >= 4 is 28.8 Å².